The molecule has 0 saturated heterocycles. The van der Waals surface area contributed by atoms with Crippen LogP contribution in [-0.2, 0) is 6.54 Å². The standard InChI is InChI=1S/C10H9N5O/c11-4-7-3-8(12)1-2-9(7)13-5-10-14-6-16-15-10/h1-3,6,13H,5,12H2. The molecule has 6 nitrogen and oxygen atoms in total. The van der Waals surface area contributed by atoms with Crippen molar-refractivity contribution in [1.82, 2.24) is 10.1 Å². The predicted molar refractivity (Wildman–Crippen MR) is 57.2 cm³/mol. The highest BCUT2D eigenvalue weighted by Gasteiger charge is 2.03. The van der Waals surface area contributed by atoms with Crippen LogP contribution in [0.15, 0.2) is 29.1 Å². The molecular weight excluding hydrogens is 206 g/mol. The molecule has 2 rings (SSSR count). The second-order valence-electron chi connectivity index (χ2n) is 3.12. The fourth-order valence-electron chi connectivity index (χ4n) is 1.25. The summed E-state index contributed by atoms with van der Waals surface area (Å²) >= 11 is 0. The molecule has 80 valence electrons. The number of nitrogens with zero attached hydrogens (tertiary/aromatic N) is 3. The Hall–Kier alpha value is -2.55. The molecule has 3 N–H and O–H groups in total. The van der Waals surface area contributed by atoms with Gasteiger partial charge in [-0.1, -0.05) is 5.16 Å². The van der Waals surface area contributed by atoms with Crippen molar-refractivity contribution in [3.63, 3.8) is 0 Å². The smallest absolute Gasteiger partial charge is 0.213 e. The van der Waals surface area contributed by atoms with Crippen LogP contribution in [0, 0.1) is 11.3 Å². The number of nitrogens with two attached hydrogens (primary N) is 1. The highest BCUT2D eigenvalue weighted by atomic mass is 16.5. The molecule has 0 unspecified atom stereocenters. The Labute approximate surface area is 91.7 Å². The van der Waals surface area contributed by atoms with Crippen molar-refractivity contribution < 1.29 is 4.52 Å². The molecular formula is C10H9N5O. The quantitative estimate of drug-likeness (QED) is 0.744. The molecule has 16 heavy (non-hydrogen) atoms. The largest absolute Gasteiger partial charge is 0.399 e. The fourth-order valence-corrected chi connectivity index (χ4v) is 1.25. The number of nitrogen functional groups attached to an aromatic ring is 1. The van der Waals surface area contributed by atoms with Crippen LogP contribution in [0.1, 0.15) is 11.4 Å². The van der Waals surface area contributed by atoms with Gasteiger partial charge in [-0.05, 0) is 18.2 Å². The average Bonchev–Trinajstić information content (AvgIpc) is 2.80. The highest BCUT2D eigenvalue weighted by molar-refractivity contribution is 5.62. The van der Waals surface area contributed by atoms with Gasteiger partial charge < -0.3 is 15.6 Å². The van der Waals surface area contributed by atoms with Crippen molar-refractivity contribution >= 4 is 11.4 Å². The van der Waals surface area contributed by atoms with Crippen LogP contribution in [-0.4, -0.2) is 10.1 Å². The Morgan fingerprint density at radius 2 is 2.38 bits per heavy atom. The van der Waals surface area contributed by atoms with Gasteiger partial charge in [0.1, 0.15) is 6.07 Å². The maximum atomic E-state index is 8.90. The van der Waals surface area contributed by atoms with Gasteiger partial charge >= 0.3 is 0 Å². The fraction of sp³-hybridized carbons (Fsp3) is 0.100. The molecule has 0 fully saturated rings. The lowest BCUT2D eigenvalue weighted by molar-refractivity contribution is 0.411. The summed E-state index contributed by atoms with van der Waals surface area (Å²) in [4.78, 5) is 3.86. The third-order valence-corrected chi connectivity index (χ3v) is 2.01. The Morgan fingerprint density at radius 1 is 1.50 bits per heavy atom. The Balaban J connectivity index is 2.13. The first-order valence-electron chi connectivity index (χ1n) is 4.58. The van der Waals surface area contributed by atoms with E-state index in [0.29, 0.717) is 29.3 Å². The van der Waals surface area contributed by atoms with E-state index in [1.165, 1.54) is 6.39 Å². The summed E-state index contributed by atoms with van der Waals surface area (Å²) in [6.07, 6.45) is 1.26. The number of hydrogen-bond acceptors (Lipinski definition) is 6. The lowest BCUT2D eigenvalue weighted by Gasteiger charge is -2.06. The van der Waals surface area contributed by atoms with E-state index in [0.717, 1.165) is 0 Å². The van der Waals surface area contributed by atoms with Crippen LogP contribution in [0.25, 0.3) is 0 Å². The minimum absolute atomic E-state index is 0.398. The molecule has 0 aliphatic heterocycles. The van der Waals surface area contributed by atoms with Gasteiger partial charge in [-0.3, -0.25) is 0 Å². The van der Waals surface area contributed by atoms with Gasteiger partial charge in [0.15, 0.2) is 5.82 Å². The van der Waals surface area contributed by atoms with Crippen LogP contribution >= 0.6 is 0 Å². The van der Waals surface area contributed by atoms with E-state index in [1.54, 1.807) is 18.2 Å². The van der Waals surface area contributed by atoms with Crippen LogP contribution in [0.3, 0.4) is 0 Å². The summed E-state index contributed by atoms with van der Waals surface area (Å²) in [6, 6.07) is 7.14. The molecule has 1 aromatic heterocycles. The second kappa shape index (κ2) is 4.31. The molecule has 0 spiro atoms. The van der Waals surface area contributed by atoms with Gasteiger partial charge in [-0.25, -0.2) is 0 Å². The summed E-state index contributed by atoms with van der Waals surface area (Å²) in [5, 5.41) is 15.6. The molecule has 0 aliphatic carbocycles. The molecule has 0 saturated carbocycles. The molecule has 0 atom stereocenters. The van der Waals surface area contributed by atoms with Crippen LogP contribution in [0.2, 0.25) is 0 Å². The summed E-state index contributed by atoms with van der Waals surface area (Å²) in [7, 11) is 0. The van der Waals surface area contributed by atoms with Gasteiger partial charge in [-0.15, -0.1) is 0 Å². The topological polar surface area (TPSA) is 101 Å². The number of rotatable bonds is 3. The van der Waals surface area contributed by atoms with Gasteiger partial charge in [0.2, 0.25) is 6.39 Å². The van der Waals surface area contributed by atoms with E-state index in [2.05, 4.69) is 26.0 Å². The van der Waals surface area contributed by atoms with Crippen molar-refractivity contribution in [2.24, 2.45) is 0 Å². The zero-order valence-electron chi connectivity index (χ0n) is 8.34. The number of anilines is 2. The lowest BCUT2D eigenvalue weighted by atomic mass is 10.1. The second-order valence-corrected chi connectivity index (χ2v) is 3.12. The van der Waals surface area contributed by atoms with E-state index in [9.17, 15) is 0 Å². The summed E-state index contributed by atoms with van der Waals surface area (Å²) in [6.45, 7) is 0.398. The minimum atomic E-state index is 0.398. The average molecular weight is 215 g/mol. The molecule has 0 bridgehead atoms. The van der Waals surface area contributed by atoms with Crippen LogP contribution < -0.4 is 11.1 Å². The number of nitrogens with one attached hydrogen (secondary N) is 1. The zero-order valence-corrected chi connectivity index (χ0v) is 8.34. The monoisotopic (exact) mass is 215 g/mol. The molecule has 6 heteroatoms. The SMILES string of the molecule is N#Cc1cc(N)ccc1NCc1ncon1. The number of nitriles is 1. The van der Waals surface area contributed by atoms with E-state index in [-0.39, 0.29) is 0 Å². The van der Waals surface area contributed by atoms with Crippen molar-refractivity contribution in [3.8, 4) is 6.07 Å². The highest BCUT2D eigenvalue weighted by Crippen LogP contribution is 2.18. The minimum Gasteiger partial charge on any atom is -0.399 e. The third kappa shape index (κ3) is 2.09. The molecule has 0 radical (unpaired) electrons. The first-order valence-corrected chi connectivity index (χ1v) is 4.58. The van der Waals surface area contributed by atoms with Crippen molar-refractivity contribution in [2.45, 2.75) is 6.54 Å². The van der Waals surface area contributed by atoms with Crippen molar-refractivity contribution in [1.29, 1.82) is 5.26 Å². The van der Waals surface area contributed by atoms with Gasteiger partial charge in [0, 0.05) is 5.69 Å². The van der Waals surface area contributed by atoms with Crippen molar-refractivity contribution in [3.05, 3.63) is 36.0 Å². The maximum Gasteiger partial charge on any atom is 0.213 e. The summed E-state index contributed by atoms with van der Waals surface area (Å²) in [5.41, 5.74) is 7.32. The molecule has 1 aromatic carbocycles. The van der Waals surface area contributed by atoms with Gasteiger partial charge in [0.25, 0.3) is 0 Å². The normalized spacial score (nSPS) is 9.69. The number of aromatic nitrogens is 2. The lowest BCUT2D eigenvalue weighted by Crippen LogP contribution is -2.03. The Bertz CT molecular complexity index is 515. The predicted octanol–water partition coefficient (Wildman–Crippen LogP) is 1.14. The van der Waals surface area contributed by atoms with Gasteiger partial charge in [-0.2, -0.15) is 10.2 Å². The number of hydrogen-bond donors (Lipinski definition) is 2. The van der Waals surface area contributed by atoms with E-state index in [4.69, 9.17) is 11.0 Å². The van der Waals surface area contributed by atoms with Gasteiger partial charge in [0.05, 0.1) is 17.8 Å². The Kier molecular flexibility index (Phi) is 2.69. The first-order chi connectivity index (χ1) is 7.79. The molecule has 1 heterocycles. The van der Waals surface area contributed by atoms with Crippen LogP contribution in [0.4, 0.5) is 11.4 Å². The first kappa shape index (κ1) is 9.98. The van der Waals surface area contributed by atoms with Crippen molar-refractivity contribution in [2.75, 3.05) is 11.1 Å². The molecule has 0 aliphatic rings. The van der Waals surface area contributed by atoms with Crippen LogP contribution in [0.5, 0.6) is 0 Å². The number of benzene rings is 1. The third-order valence-electron chi connectivity index (χ3n) is 2.01. The Morgan fingerprint density at radius 3 is 3.06 bits per heavy atom. The van der Waals surface area contributed by atoms with E-state index < -0.39 is 0 Å². The zero-order chi connectivity index (χ0) is 11.4. The molecule has 0 amide bonds. The maximum absolute atomic E-state index is 8.90. The van der Waals surface area contributed by atoms with E-state index >= 15 is 0 Å². The molecule has 2 aromatic rings. The summed E-state index contributed by atoms with van der Waals surface area (Å²) in [5.74, 6) is 0.528. The van der Waals surface area contributed by atoms with E-state index in [1.807, 2.05) is 0 Å². The summed E-state index contributed by atoms with van der Waals surface area (Å²) < 4.78 is 4.59.